The highest BCUT2D eigenvalue weighted by Gasteiger charge is 1.94. The molecule has 0 nitrogen and oxygen atoms in total. The Balaban J connectivity index is 2.47. The summed E-state index contributed by atoms with van der Waals surface area (Å²) in [6, 6.07) is 15.0. The van der Waals surface area contributed by atoms with Gasteiger partial charge in [-0.05, 0) is 29.3 Å². The summed E-state index contributed by atoms with van der Waals surface area (Å²) in [5.41, 5.74) is 2.61. The fraction of sp³-hybridized carbons (Fsp3) is 0.143. The van der Waals surface area contributed by atoms with Gasteiger partial charge >= 0.3 is 0 Å². The van der Waals surface area contributed by atoms with Crippen LogP contribution in [-0.4, -0.2) is 5.33 Å². The molecule has 0 N–H and O–H groups in total. The molecule has 0 aromatic heterocycles. The van der Waals surface area contributed by atoms with Gasteiger partial charge in [-0.1, -0.05) is 64.0 Å². The molecule has 0 spiro atoms. The molecule has 15 heavy (non-hydrogen) atoms. The van der Waals surface area contributed by atoms with Crippen LogP contribution in [0.15, 0.2) is 48.0 Å². The molecule has 0 saturated heterocycles. The number of hydrogen-bond acceptors (Lipinski definition) is 0. The van der Waals surface area contributed by atoms with E-state index in [0.29, 0.717) is 0 Å². The molecule has 0 aliphatic heterocycles. The number of hydrogen-bond donors (Lipinski definition) is 0. The maximum atomic E-state index is 3.45. The predicted molar refractivity (Wildman–Crippen MR) is 71.4 cm³/mol. The van der Waals surface area contributed by atoms with Crippen LogP contribution in [0.4, 0.5) is 0 Å². The molecule has 2 rings (SSSR count). The van der Waals surface area contributed by atoms with Gasteiger partial charge in [0.2, 0.25) is 0 Å². The van der Waals surface area contributed by atoms with Gasteiger partial charge in [0.05, 0.1) is 0 Å². The Morgan fingerprint density at radius 2 is 1.87 bits per heavy atom. The summed E-state index contributed by atoms with van der Waals surface area (Å²) in [6.07, 6.45) is 2.21. The van der Waals surface area contributed by atoms with Crippen LogP contribution in [0.2, 0.25) is 0 Å². The van der Waals surface area contributed by atoms with E-state index in [4.69, 9.17) is 0 Å². The molecule has 0 heterocycles. The van der Waals surface area contributed by atoms with Crippen molar-refractivity contribution in [1.82, 2.24) is 0 Å². The first-order chi connectivity index (χ1) is 7.29. The number of rotatable bonds is 2. The molecular formula is C14H13Br. The van der Waals surface area contributed by atoms with E-state index in [9.17, 15) is 0 Å². The van der Waals surface area contributed by atoms with Crippen LogP contribution in [0.3, 0.4) is 0 Å². The van der Waals surface area contributed by atoms with Crippen molar-refractivity contribution < 1.29 is 0 Å². The van der Waals surface area contributed by atoms with Crippen LogP contribution in [0.25, 0.3) is 16.8 Å². The van der Waals surface area contributed by atoms with Crippen LogP contribution in [0, 0.1) is 0 Å². The van der Waals surface area contributed by atoms with Crippen molar-refractivity contribution in [2.75, 3.05) is 5.33 Å². The zero-order valence-electron chi connectivity index (χ0n) is 8.70. The van der Waals surface area contributed by atoms with E-state index in [0.717, 1.165) is 5.33 Å². The SMILES string of the molecule is CC(=Cc1ccc2ccccc2c1)CBr. The normalized spacial score (nSPS) is 12.0. The topological polar surface area (TPSA) is 0 Å². The van der Waals surface area contributed by atoms with Crippen molar-refractivity contribution in [3.8, 4) is 0 Å². The molecule has 0 atom stereocenters. The third kappa shape index (κ3) is 2.48. The van der Waals surface area contributed by atoms with E-state index in [2.05, 4.69) is 71.4 Å². The average Bonchev–Trinajstić information content (AvgIpc) is 2.29. The minimum atomic E-state index is 0.930. The molecule has 0 fully saturated rings. The van der Waals surface area contributed by atoms with Crippen molar-refractivity contribution in [2.45, 2.75) is 6.92 Å². The van der Waals surface area contributed by atoms with Gasteiger partial charge in [-0.3, -0.25) is 0 Å². The lowest BCUT2D eigenvalue weighted by atomic mass is 10.1. The third-order valence-electron chi connectivity index (χ3n) is 2.40. The summed E-state index contributed by atoms with van der Waals surface area (Å²) in [5, 5.41) is 3.53. The van der Waals surface area contributed by atoms with E-state index >= 15 is 0 Å². The highest BCUT2D eigenvalue weighted by molar-refractivity contribution is 9.09. The minimum Gasteiger partial charge on any atom is -0.0880 e. The van der Waals surface area contributed by atoms with Crippen LogP contribution in [-0.2, 0) is 0 Å². The first-order valence-electron chi connectivity index (χ1n) is 5.01. The van der Waals surface area contributed by atoms with E-state index in [-0.39, 0.29) is 0 Å². The number of fused-ring (bicyclic) bond motifs is 1. The van der Waals surface area contributed by atoms with Crippen LogP contribution in [0.5, 0.6) is 0 Å². The lowest BCUT2D eigenvalue weighted by molar-refractivity contribution is 1.45. The quantitative estimate of drug-likeness (QED) is 0.691. The van der Waals surface area contributed by atoms with Crippen LogP contribution in [0.1, 0.15) is 12.5 Å². The molecule has 0 amide bonds. The van der Waals surface area contributed by atoms with Gasteiger partial charge in [-0.2, -0.15) is 0 Å². The van der Waals surface area contributed by atoms with Gasteiger partial charge in [0.15, 0.2) is 0 Å². The second-order valence-electron chi connectivity index (χ2n) is 3.73. The molecule has 0 aliphatic carbocycles. The molecule has 2 aromatic rings. The third-order valence-corrected chi connectivity index (χ3v) is 3.28. The monoisotopic (exact) mass is 260 g/mol. The lowest BCUT2D eigenvalue weighted by Crippen LogP contribution is -1.79. The Bertz CT molecular complexity index is 497. The second-order valence-corrected chi connectivity index (χ2v) is 4.29. The number of allylic oxidation sites excluding steroid dienone is 1. The standard InChI is InChI=1S/C14H13Br/c1-11(10-15)8-12-6-7-13-4-2-3-5-14(13)9-12/h2-9H,10H2,1H3. The molecule has 1 heteroatoms. The molecule has 0 bridgehead atoms. The van der Waals surface area contributed by atoms with E-state index in [1.165, 1.54) is 21.9 Å². The molecule has 0 unspecified atom stereocenters. The van der Waals surface area contributed by atoms with Crippen LogP contribution < -0.4 is 0 Å². The lowest BCUT2D eigenvalue weighted by Gasteiger charge is -2.00. The highest BCUT2D eigenvalue weighted by atomic mass is 79.9. The molecule has 0 radical (unpaired) electrons. The summed E-state index contributed by atoms with van der Waals surface area (Å²) >= 11 is 3.45. The smallest absolute Gasteiger partial charge is 0.0242 e. The highest BCUT2D eigenvalue weighted by Crippen LogP contribution is 2.17. The maximum absolute atomic E-state index is 3.45. The molecular weight excluding hydrogens is 248 g/mol. The van der Waals surface area contributed by atoms with Gasteiger partial charge in [0.25, 0.3) is 0 Å². The van der Waals surface area contributed by atoms with E-state index in [1.807, 2.05) is 0 Å². The number of benzene rings is 2. The first-order valence-corrected chi connectivity index (χ1v) is 6.14. The zero-order chi connectivity index (χ0) is 10.7. The summed E-state index contributed by atoms with van der Waals surface area (Å²) in [4.78, 5) is 0. The summed E-state index contributed by atoms with van der Waals surface area (Å²) in [7, 11) is 0. The van der Waals surface area contributed by atoms with Gasteiger partial charge in [-0.25, -0.2) is 0 Å². The molecule has 0 saturated carbocycles. The Labute approximate surface area is 98.8 Å². The van der Waals surface area contributed by atoms with Crippen molar-refractivity contribution in [2.24, 2.45) is 0 Å². The van der Waals surface area contributed by atoms with Gasteiger partial charge in [0.1, 0.15) is 0 Å². The Hall–Kier alpha value is -1.08. The van der Waals surface area contributed by atoms with Crippen molar-refractivity contribution >= 4 is 32.8 Å². The zero-order valence-corrected chi connectivity index (χ0v) is 10.3. The van der Waals surface area contributed by atoms with Crippen molar-refractivity contribution in [1.29, 1.82) is 0 Å². The Morgan fingerprint density at radius 1 is 1.13 bits per heavy atom. The Morgan fingerprint density at radius 3 is 2.60 bits per heavy atom. The second kappa shape index (κ2) is 4.63. The summed E-state index contributed by atoms with van der Waals surface area (Å²) in [5.74, 6) is 0. The fourth-order valence-electron chi connectivity index (χ4n) is 1.62. The van der Waals surface area contributed by atoms with Crippen LogP contribution >= 0.6 is 15.9 Å². The fourth-order valence-corrected chi connectivity index (χ4v) is 1.78. The first kappa shape index (κ1) is 10.4. The molecule has 0 aliphatic rings. The summed E-state index contributed by atoms with van der Waals surface area (Å²) < 4.78 is 0. The summed E-state index contributed by atoms with van der Waals surface area (Å²) in [6.45, 7) is 2.13. The number of halogens is 1. The predicted octanol–water partition coefficient (Wildman–Crippen LogP) is 4.64. The van der Waals surface area contributed by atoms with Gasteiger partial charge in [-0.15, -0.1) is 0 Å². The largest absolute Gasteiger partial charge is 0.0880 e. The average molecular weight is 261 g/mol. The molecule has 2 aromatic carbocycles. The van der Waals surface area contributed by atoms with Crippen molar-refractivity contribution in [3.63, 3.8) is 0 Å². The van der Waals surface area contributed by atoms with E-state index < -0.39 is 0 Å². The van der Waals surface area contributed by atoms with Crippen molar-refractivity contribution in [3.05, 3.63) is 53.6 Å². The molecule has 76 valence electrons. The van der Waals surface area contributed by atoms with Gasteiger partial charge < -0.3 is 0 Å². The maximum Gasteiger partial charge on any atom is 0.0242 e. The number of alkyl halides is 1. The minimum absolute atomic E-state index is 0.930. The Kier molecular flexibility index (Phi) is 3.22. The van der Waals surface area contributed by atoms with Gasteiger partial charge in [0, 0.05) is 5.33 Å². The van der Waals surface area contributed by atoms with E-state index in [1.54, 1.807) is 0 Å².